The summed E-state index contributed by atoms with van der Waals surface area (Å²) in [4.78, 5) is 0. The zero-order valence-corrected chi connectivity index (χ0v) is 9.66. The van der Waals surface area contributed by atoms with E-state index in [0.29, 0.717) is 0 Å². The van der Waals surface area contributed by atoms with Gasteiger partial charge in [-0.1, -0.05) is 49.1 Å². The highest BCUT2D eigenvalue weighted by atomic mass is 14.1. The minimum atomic E-state index is 0.896. The van der Waals surface area contributed by atoms with Gasteiger partial charge in [-0.25, -0.2) is 0 Å². The van der Waals surface area contributed by atoms with Crippen molar-refractivity contribution in [3.8, 4) is 0 Å². The fraction of sp³-hybridized carbons (Fsp3) is 0.125. The van der Waals surface area contributed by atoms with Crippen molar-refractivity contribution in [2.24, 2.45) is 0 Å². The molecule has 0 saturated heterocycles. The number of aryl methyl sites for hydroxylation is 1. The van der Waals surface area contributed by atoms with Crippen LogP contribution in [0.2, 0.25) is 0 Å². The van der Waals surface area contributed by atoms with Crippen LogP contribution in [0.15, 0.2) is 49.6 Å². The first-order valence-corrected chi connectivity index (χ1v) is 5.52. The summed E-state index contributed by atoms with van der Waals surface area (Å²) in [6, 6.07) is 10.7. The molecule has 16 heavy (non-hydrogen) atoms. The van der Waals surface area contributed by atoms with Crippen LogP contribution in [0, 0.1) is 6.92 Å². The maximum atomic E-state index is 3.91. The van der Waals surface area contributed by atoms with Crippen molar-refractivity contribution in [1.82, 2.24) is 0 Å². The second-order valence-electron chi connectivity index (χ2n) is 3.99. The first-order chi connectivity index (χ1) is 7.77. The normalized spacial score (nSPS) is 10.3. The molecule has 0 unspecified atom stereocenters. The van der Waals surface area contributed by atoms with Crippen molar-refractivity contribution in [2.75, 3.05) is 0 Å². The van der Waals surface area contributed by atoms with E-state index in [0.717, 1.165) is 6.42 Å². The summed E-state index contributed by atoms with van der Waals surface area (Å²) in [7, 11) is 0. The number of benzene rings is 2. The van der Waals surface area contributed by atoms with Gasteiger partial charge in [-0.15, -0.1) is 6.58 Å². The van der Waals surface area contributed by atoms with E-state index in [1.807, 2.05) is 12.2 Å². The molecule has 0 radical (unpaired) electrons. The number of fused-ring (bicyclic) bond motifs is 1. The minimum Gasteiger partial charge on any atom is -0.103 e. The van der Waals surface area contributed by atoms with Crippen LogP contribution in [0.5, 0.6) is 0 Å². The molecule has 2 aromatic carbocycles. The Morgan fingerprint density at radius 2 is 1.94 bits per heavy atom. The Kier molecular flexibility index (Phi) is 2.91. The van der Waals surface area contributed by atoms with E-state index in [4.69, 9.17) is 0 Å². The highest BCUT2D eigenvalue weighted by Crippen LogP contribution is 2.26. The molecular formula is C16H16. The van der Waals surface area contributed by atoms with E-state index in [1.54, 1.807) is 0 Å². The maximum absolute atomic E-state index is 3.91. The topological polar surface area (TPSA) is 0 Å². The first kappa shape index (κ1) is 10.7. The monoisotopic (exact) mass is 208 g/mol. The van der Waals surface area contributed by atoms with Crippen molar-refractivity contribution in [2.45, 2.75) is 13.3 Å². The summed E-state index contributed by atoms with van der Waals surface area (Å²) in [5.41, 5.74) is 3.87. The molecule has 0 bridgehead atoms. The van der Waals surface area contributed by atoms with Crippen molar-refractivity contribution < 1.29 is 0 Å². The Labute approximate surface area is 96.9 Å². The molecule has 0 amide bonds. The predicted molar refractivity (Wildman–Crippen MR) is 72.7 cm³/mol. The summed E-state index contributed by atoms with van der Waals surface area (Å²) >= 11 is 0. The Bertz CT molecular complexity index is 547. The van der Waals surface area contributed by atoms with Gasteiger partial charge < -0.3 is 0 Å². The Morgan fingerprint density at radius 3 is 2.62 bits per heavy atom. The van der Waals surface area contributed by atoms with Crippen LogP contribution in [0.25, 0.3) is 16.8 Å². The predicted octanol–water partition coefficient (Wildman–Crippen LogP) is 4.52. The van der Waals surface area contributed by atoms with Crippen LogP contribution in [0.3, 0.4) is 0 Å². The molecule has 0 aliphatic heterocycles. The molecule has 2 rings (SSSR count). The van der Waals surface area contributed by atoms with E-state index in [1.165, 1.54) is 27.5 Å². The fourth-order valence-electron chi connectivity index (χ4n) is 2.22. The van der Waals surface area contributed by atoms with Crippen LogP contribution < -0.4 is 0 Å². The second-order valence-corrected chi connectivity index (χ2v) is 3.99. The maximum Gasteiger partial charge on any atom is -0.00939 e. The lowest BCUT2D eigenvalue weighted by atomic mass is 9.93. The third-order valence-corrected chi connectivity index (χ3v) is 3.01. The van der Waals surface area contributed by atoms with Crippen molar-refractivity contribution in [3.63, 3.8) is 0 Å². The lowest BCUT2D eigenvalue weighted by molar-refractivity contribution is 1.26. The van der Waals surface area contributed by atoms with Gasteiger partial charge in [-0.3, -0.25) is 0 Å². The lowest BCUT2D eigenvalue weighted by Crippen LogP contribution is -1.92. The van der Waals surface area contributed by atoms with E-state index in [2.05, 4.69) is 50.4 Å². The van der Waals surface area contributed by atoms with E-state index in [9.17, 15) is 0 Å². The summed E-state index contributed by atoms with van der Waals surface area (Å²) < 4.78 is 0. The molecule has 0 atom stereocenters. The quantitative estimate of drug-likeness (QED) is 0.650. The molecule has 0 saturated carbocycles. The van der Waals surface area contributed by atoms with Gasteiger partial charge in [0.2, 0.25) is 0 Å². The Morgan fingerprint density at radius 1 is 1.19 bits per heavy atom. The summed E-state index contributed by atoms with van der Waals surface area (Å²) in [6.07, 6.45) is 4.78. The van der Waals surface area contributed by atoms with Gasteiger partial charge in [-0.05, 0) is 40.8 Å². The number of hydrogen-bond acceptors (Lipinski definition) is 0. The number of allylic oxidation sites excluding steroid dienone is 1. The van der Waals surface area contributed by atoms with Gasteiger partial charge in [0.25, 0.3) is 0 Å². The average Bonchev–Trinajstić information content (AvgIpc) is 2.30. The lowest BCUT2D eigenvalue weighted by Gasteiger charge is -2.11. The molecule has 80 valence electrons. The summed E-state index contributed by atoms with van der Waals surface area (Å²) in [6.45, 7) is 9.87. The highest BCUT2D eigenvalue weighted by molar-refractivity contribution is 5.89. The molecule has 0 heteroatoms. The van der Waals surface area contributed by atoms with E-state index < -0.39 is 0 Å². The standard InChI is InChI=1S/C16H16/c1-4-8-13-11-14-9-6-7-10-16(14)12(3)15(13)5-2/h4-7,9-11H,1-2,8H2,3H3. The zero-order chi connectivity index (χ0) is 11.5. The Balaban J connectivity index is 2.80. The van der Waals surface area contributed by atoms with Crippen molar-refractivity contribution >= 4 is 16.8 Å². The molecule has 0 aliphatic rings. The molecule has 0 heterocycles. The van der Waals surface area contributed by atoms with Crippen LogP contribution in [-0.2, 0) is 6.42 Å². The molecule has 0 N–H and O–H groups in total. The third-order valence-electron chi connectivity index (χ3n) is 3.01. The Hall–Kier alpha value is -1.82. The van der Waals surface area contributed by atoms with E-state index in [-0.39, 0.29) is 0 Å². The molecular weight excluding hydrogens is 192 g/mol. The molecule has 0 spiro atoms. The zero-order valence-electron chi connectivity index (χ0n) is 9.66. The third kappa shape index (κ3) is 1.67. The minimum absolute atomic E-state index is 0.896. The molecule has 2 aromatic rings. The number of rotatable bonds is 3. The van der Waals surface area contributed by atoms with Gasteiger partial charge in [0, 0.05) is 0 Å². The van der Waals surface area contributed by atoms with Gasteiger partial charge in [0.1, 0.15) is 0 Å². The van der Waals surface area contributed by atoms with Gasteiger partial charge in [0.15, 0.2) is 0 Å². The molecule has 0 aromatic heterocycles. The van der Waals surface area contributed by atoms with Crippen LogP contribution >= 0.6 is 0 Å². The molecule has 0 fully saturated rings. The smallest absolute Gasteiger partial charge is 0.00939 e. The van der Waals surface area contributed by atoms with Gasteiger partial charge >= 0.3 is 0 Å². The number of hydrogen-bond donors (Lipinski definition) is 0. The van der Waals surface area contributed by atoms with Gasteiger partial charge in [0.05, 0.1) is 0 Å². The summed E-state index contributed by atoms with van der Waals surface area (Å²) in [5.74, 6) is 0. The average molecular weight is 208 g/mol. The molecule has 0 aliphatic carbocycles. The largest absolute Gasteiger partial charge is 0.103 e. The highest BCUT2D eigenvalue weighted by Gasteiger charge is 2.06. The van der Waals surface area contributed by atoms with E-state index >= 15 is 0 Å². The van der Waals surface area contributed by atoms with Crippen molar-refractivity contribution in [3.05, 3.63) is 66.3 Å². The summed E-state index contributed by atoms with van der Waals surface area (Å²) in [5, 5.41) is 2.60. The van der Waals surface area contributed by atoms with Gasteiger partial charge in [-0.2, -0.15) is 0 Å². The van der Waals surface area contributed by atoms with Crippen LogP contribution in [0.1, 0.15) is 16.7 Å². The molecule has 0 nitrogen and oxygen atoms in total. The van der Waals surface area contributed by atoms with Crippen LogP contribution in [0.4, 0.5) is 0 Å². The van der Waals surface area contributed by atoms with Crippen molar-refractivity contribution in [1.29, 1.82) is 0 Å². The fourth-order valence-corrected chi connectivity index (χ4v) is 2.22. The van der Waals surface area contributed by atoms with Crippen LogP contribution in [-0.4, -0.2) is 0 Å². The SMILES string of the molecule is C=CCc1cc2ccccc2c(C)c1C=C. The second kappa shape index (κ2) is 4.36. The first-order valence-electron chi connectivity index (χ1n) is 5.52.